The minimum absolute atomic E-state index is 0.0186. The first-order valence-corrected chi connectivity index (χ1v) is 22.6. The maximum Gasteiger partial charge on any atom is 0.294 e. The molecule has 4 N–H and O–H groups in total. The smallest absolute Gasteiger partial charge is 0.294 e. The van der Waals surface area contributed by atoms with Crippen LogP contribution < -0.4 is 9.47 Å². The van der Waals surface area contributed by atoms with Crippen LogP contribution in [0.15, 0.2) is 94.7 Å². The monoisotopic (exact) mass is 914 g/mol. The second-order valence-electron chi connectivity index (χ2n) is 14.5. The summed E-state index contributed by atoms with van der Waals surface area (Å²) in [5.74, 6) is -3.04. The van der Waals surface area contributed by atoms with Gasteiger partial charge in [-0.05, 0) is 96.4 Å². The lowest BCUT2D eigenvalue weighted by Gasteiger charge is -2.31. The molecule has 2 aliphatic heterocycles. The number of hydrogen-bond acceptors (Lipinski definition) is 15. The Labute approximate surface area is 360 Å². The van der Waals surface area contributed by atoms with Crippen molar-refractivity contribution >= 4 is 99.0 Å². The van der Waals surface area contributed by atoms with Gasteiger partial charge in [0.15, 0.2) is 0 Å². The molecule has 0 aromatic heterocycles. The average Bonchev–Trinajstić information content (AvgIpc) is 3.25. The SMILES string of the molecule is O=C1c2ccc3c4c(Oc5ccc(S(=O)(=O)O)cc5)cc5c6c(ccc(c7c(Oc8ccc(SOOO)cc8)cc(c2c37)C(=O)N1CCCO)c64)C(=O)N(CCCS(=O)(=O)O)C5=O. The quantitative estimate of drug-likeness (QED) is 0.0156. The molecule has 4 amide bonds. The maximum absolute atomic E-state index is 14.4. The fourth-order valence-electron chi connectivity index (χ4n) is 8.25. The Hall–Kier alpha value is -6.27. The molecule has 7 aromatic rings. The van der Waals surface area contributed by atoms with E-state index in [4.69, 9.17) is 14.7 Å². The first-order valence-electron chi connectivity index (χ1n) is 18.8. The molecule has 0 bridgehead atoms. The van der Waals surface area contributed by atoms with Gasteiger partial charge in [-0.25, -0.2) is 5.26 Å². The normalized spacial score (nSPS) is 14.3. The molecule has 2 heterocycles. The summed E-state index contributed by atoms with van der Waals surface area (Å²) in [5, 5.41) is 24.6. The van der Waals surface area contributed by atoms with Crippen LogP contribution in [-0.2, 0) is 29.6 Å². The van der Waals surface area contributed by atoms with Gasteiger partial charge in [0.05, 0.1) is 33.8 Å². The number of aliphatic hydroxyl groups is 1. The van der Waals surface area contributed by atoms with Crippen LogP contribution in [0.5, 0.6) is 23.0 Å². The topological polar surface area (TPSA) is 261 Å². The summed E-state index contributed by atoms with van der Waals surface area (Å²) in [7, 11) is -9.02. The number of carbonyl (C=O) groups is 4. The molecular weight excluding hydrogens is 885 g/mol. The van der Waals surface area contributed by atoms with E-state index in [1.54, 1.807) is 42.5 Å². The molecule has 0 spiro atoms. The van der Waals surface area contributed by atoms with Gasteiger partial charge in [-0.15, -0.1) is 4.33 Å². The molecule has 322 valence electrons. The zero-order valence-electron chi connectivity index (χ0n) is 32.1. The van der Waals surface area contributed by atoms with Gasteiger partial charge < -0.3 is 14.6 Å². The Morgan fingerprint density at radius 3 is 1.46 bits per heavy atom. The summed E-state index contributed by atoms with van der Waals surface area (Å²) >= 11 is 0.713. The van der Waals surface area contributed by atoms with E-state index in [1.807, 2.05) is 0 Å². The van der Waals surface area contributed by atoms with Gasteiger partial charge in [0.1, 0.15) is 23.0 Å². The van der Waals surface area contributed by atoms with E-state index in [2.05, 4.69) is 9.37 Å². The van der Waals surface area contributed by atoms with Crippen molar-refractivity contribution in [2.75, 3.05) is 25.4 Å². The van der Waals surface area contributed by atoms with Crippen molar-refractivity contribution in [1.82, 2.24) is 9.80 Å². The number of hydrogen-bond donors (Lipinski definition) is 4. The van der Waals surface area contributed by atoms with Crippen LogP contribution in [0, 0.1) is 0 Å². The highest BCUT2D eigenvalue weighted by molar-refractivity contribution is 7.94. The molecule has 0 saturated heterocycles. The van der Waals surface area contributed by atoms with Crippen LogP contribution in [-0.4, -0.2) is 95.2 Å². The predicted molar refractivity (Wildman–Crippen MR) is 225 cm³/mol. The third-order valence-corrected chi connectivity index (χ3v) is 13.1. The molecule has 2 aliphatic rings. The van der Waals surface area contributed by atoms with E-state index in [1.165, 1.54) is 30.3 Å². The van der Waals surface area contributed by atoms with Gasteiger partial charge in [-0.3, -0.25) is 38.1 Å². The summed E-state index contributed by atoms with van der Waals surface area (Å²) in [6.07, 6.45) is -0.155. The standard InChI is InChI=1S/C42H30N2O16S3/c45-17-1-15-43-39(46)27-13-11-26-36-32(58-22-5-9-24(10-6-22)63(54,55)56)20-30-34-28(40(47)44(42(30)49)16-2-18-62(51,52)53)14-12-25(38(34)36)35-31(19-29(41(43)48)33(27)37(26)35)57-21-3-7-23(8-4-21)61-60-59-50/h3-14,19-20,45,50H,1-2,15-18H2,(H,51,52,53)(H,54,55,56). The predicted octanol–water partition coefficient (Wildman–Crippen LogP) is 6.85. The number of rotatable bonds is 15. The van der Waals surface area contributed by atoms with E-state index in [-0.39, 0.29) is 88.6 Å². The van der Waals surface area contributed by atoms with Gasteiger partial charge in [0.25, 0.3) is 43.9 Å². The van der Waals surface area contributed by atoms with E-state index in [0.29, 0.717) is 49.3 Å². The van der Waals surface area contributed by atoms with Crippen LogP contribution in [0.4, 0.5) is 0 Å². The van der Waals surface area contributed by atoms with E-state index in [0.717, 1.165) is 21.9 Å². The molecule has 7 aromatic carbocycles. The molecule has 0 unspecified atom stereocenters. The summed E-state index contributed by atoms with van der Waals surface area (Å²) in [6, 6.07) is 20.3. The Kier molecular flexibility index (Phi) is 10.6. The highest BCUT2D eigenvalue weighted by atomic mass is 32.2. The first-order chi connectivity index (χ1) is 30.1. The minimum Gasteiger partial charge on any atom is -0.457 e. The van der Waals surface area contributed by atoms with E-state index in [9.17, 15) is 50.2 Å². The fraction of sp³-hybridized carbons (Fsp3) is 0.143. The number of aliphatic hydroxyl groups excluding tert-OH is 1. The number of carbonyl (C=O) groups excluding carboxylic acids is 4. The Morgan fingerprint density at radius 2 is 1.02 bits per heavy atom. The number of imide groups is 2. The number of fused-ring (bicyclic) bond motifs is 2. The van der Waals surface area contributed by atoms with Crippen LogP contribution in [0.1, 0.15) is 54.3 Å². The molecule has 9 rings (SSSR count). The molecule has 0 atom stereocenters. The molecule has 21 heteroatoms. The van der Waals surface area contributed by atoms with Gasteiger partial charge in [-0.1, -0.05) is 17.2 Å². The van der Waals surface area contributed by atoms with Gasteiger partial charge in [-0.2, -0.15) is 16.8 Å². The van der Waals surface area contributed by atoms with Crippen molar-refractivity contribution in [2.45, 2.75) is 22.6 Å². The second-order valence-corrected chi connectivity index (χ2v) is 18.3. The molecular formula is C42H30N2O16S3. The van der Waals surface area contributed by atoms with Gasteiger partial charge in [0.2, 0.25) is 0 Å². The summed E-state index contributed by atoms with van der Waals surface area (Å²) in [4.78, 5) is 59.0. The molecule has 18 nitrogen and oxygen atoms in total. The lowest BCUT2D eigenvalue weighted by molar-refractivity contribution is -0.432. The van der Waals surface area contributed by atoms with E-state index < -0.39 is 54.5 Å². The molecule has 0 radical (unpaired) electrons. The van der Waals surface area contributed by atoms with Crippen molar-refractivity contribution in [3.8, 4) is 23.0 Å². The maximum atomic E-state index is 14.4. The second kappa shape index (κ2) is 15.8. The highest BCUT2D eigenvalue weighted by Gasteiger charge is 2.39. The number of ether oxygens (including phenoxy) is 2. The summed E-state index contributed by atoms with van der Waals surface area (Å²) < 4.78 is 83.4. The molecule has 0 saturated carbocycles. The van der Waals surface area contributed by atoms with Crippen LogP contribution in [0.25, 0.3) is 43.1 Å². The summed E-state index contributed by atoms with van der Waals surface area (Å²) in [5.41, 5.74) is 0.320. The van der Waals surface area contributed by atoms with Crippen molar-refractivity contribution in [3.63, 3.8) is 0 Å². The Balaban J connectivity index is 1.36. The van der Waals surface area contributed by atoms with Crippen LogP contribution >= 0.6 is 12.0 Å². The highest BCUT2D eigenvalue weighted by Crippen LogP contribution is 2.53. The lowest BCUT2D eigenvalue weighted by Crippen LogP contribution is -2.41. The van der Waals surface area contributed by atoms with Crippen molar-refractivity contribution in [1.29, 1.82) is 0 Å². The summed E-state index contributed by atoms with van der Waals surface area (Å²) in [6.45, 7) is -0.728. The van der Waals surface area contributed by atoms with Crippen molar-refractivity contribution in [3.05, 3.63) is 107 Å². The Bertz CT molecular complexity index is 3320. The van der Waals surface area contributed by atoms with Crippen molar-refractivity contribution in [2.24, 2.45) is 0 Å². The third kappa shape index (κ3) is 7.27. The fourth-order valence-corrected chi connectivity index (χ4v) is 9.58. The van der Waals surface area contributed by atoms with Crippen LogP contribution in [0.3, 0.4) is 0 Å². The van der Waals surface area contributed by atoms with Gasteiger partial charge >= 0.3 is 0 Å². The number of benzene rings is 7. The zero-order chi connectivity index (χ0) is 44.5. The average molecular weight is 915 g/mol. The largest absolute Gasteiger partial charge is 0.457 e. The molecule has 0 aliphatic carbocycles. The third-order valence-electron chi connectivity index (χ3n) is 10.8. The van der Waals surface area contributed by atoms with Crippen molar-refractivity contribution < 1.29 is 74.3 Å². The lowest BCUT2D eigenvalue weighted by atomic mass is 9.81. The zero-order valence-corrected chi connectivity index (χ0v) is 34.6. The number of amides is 4. The first kappa shape index (κ1) is 42.1. The Morgan fingerprint density at radius 1 is 0.556 bits per heavy atom. The van der Waals surface area contributed by atoms with Gasteiger partial charge in [0, 0.05) is 68.0 Å². The van der Waals surface area contributed by atoms with Crippen LogP contribution in [0.2, 0.25) is 0 Å². The number of nitrogens with zero attached hydrogens (tertiary/aromatic N) is 2. The molecule has 0 fully saturated rings. The van der Waals surface area contributed by atoms with E-state index >= 15 is 0 Å². The molecule has 63 heavy (non-hydrogen) atoms. The minimum atomic E-state index is -4.58.